The number of amides is 1. The molecule has 0 unspecified atom stereocenters. The van der Waals surface area contributed by atoms with Crippen molar-refractivity contribution >= 4 is 18.0 Å². The topological polar surface area (TPSA) is 74.3 Å². The fourth-order valence-electron chi connectivity index (χ4n) is 3.01. The number of hydrogen-bond donors (Lipinski definition) is 0. The molecule has 0 spiro atoms. The maximum Gasteiger partial charge on any atom is 0.331 e. The number of fused-ring (bicyclic) bond motifs is 1. The fourth-order valence-corrected chi connectivity index (χ4v) is 3.01. The van der Waals surface area contributed by atoms with E-state index in [1.807, 2.05) is 0 Å². The van der Waals surface area contributed by atoms with Crippen LogP contribution in [0.1, 0.15) is 25.3 Å². The van der Waals surface area contributed by atoms with E-state index in [1.54, 1.807) is 37.1 Å². The number of nitrogens with zero attached hydrogens (tertiary/aromatic N) is 1. The molecule has 0 aliphatic carbocycles. The zero-order valence-corrected chi connectivity index (χ0v) is 15.0. The monoisotopic (exact) mass is 361 g/mol. The Morgan fingerprint density at radius 3 is 2.65 bits per heavy atom. The molecule has 2 aliphatic rings. The molecule has 1 fully saturated rings. The molecule has 0 radical (unpaired) electrons. The summed E-state index contributed by atoms with van der Waals surface area (Å²) in [6.07, 6.45) is 4.09. The average Bonchev–Trinajstić information content (AvgIpc) is 3.19. The van der Waals surface area contributed by atoms with Gasteiger partial charge in [-0.2, -0.15) is 0 Å². The van der Waals surface area contributed by atoms with Gasteiger partial charge in [0.1, 0.15) is 13.2 Å². The standard InChI is InChI=1S/C19H23NO6/c1-13(19(22)20-7-3-4-8-20)26-17(21)6-5-14-11-15(23-2)18-16(12-14)24-9-10-25-18/h5-6,11-13H,3-4,7-10H2,1-2H3/b6-5+/t13-/m1/s1. The molecule has 0 N–H and O–H groups in total. The van der Waals surface area contributed by atoms with E-state index in [-0.39, 0.29) is 5.91 Å². The van der Waals surface area contributed by atoms with Gasteiger partial charge < -0.3 is 23.8 Å². The normalized spacial score (nSPS) is 17.2. The van der Waals surface area contributed by atoms with Crippen LogP contribution in [0, 0.1) is 0 Å². The Bertz CT molecular complexity index is 691. The van der Waals surface area contributed by atoms with Crippen LogP contribution in [-0.4, -0.2) is 56.3 Å². The minimum atomic E-state index is -0.792. The third-order valence-corrected chi connectivity index (χ3v) is 4.32. The second kappa shape index (κ2) is 8.12. The van der Waals surface area contributed by atoms with Gasteiger partial charge in [-0.25, -0.2) is 4.79 Å². The van der Waals surface area contributed by atoms with Crippen LogP contribution in [0.3, 0.4) is 0 Å². The summed E-state index contributed by atoms with van der Waals surface area (Å²) in [5.74, 6) is 0.946. The molecule has 26 heavy (non-hydrogen) atoms. The highest BCUT2D eigenvalue weighted by atomic mass is 16.6. The van der Waals surface area contributed by atoms with Crippen LogP contribution in [0.2, 0.25) is 0 Å². The van der Waals surface area contributed by atoms with Gasteiger partial charge >= 0.3 is 5.97 Å². The Kier molecular flexibility index (Phi) is 5.65. The lowest BCUT2D eigenvalue weighted by atomic mass is 10.1. The van der Waals surface area contributed by atoms with Gasteiger partial charge in [0.15, 0.2) is 17.6 Å². The van der Waals surface area contributed by atoms with Gasteiger partial charge in [0.25, 0.3) is 5.91 Å². The third-order valence-electron chi connectivity index (χ3n) is 4.32. The van der Waals surface area contributed by atoms with Crippen molar-refractivity contribution in [2.45, 2.75) is 25.9 Å². The maximum absolute atomic E-state index is 12.2. The highest BCUT2D eigenvalue weighted by Crippen LogP contribution is 2.40. The average molecular weight is 361 g/mol. The highest BCUT2D eigenvalue weighted by molar-refractivity contribution is 5.90. The molecule has 0 bridgehead atoms. The number of ether oxygens (including phenoxy) is 4. The van der Waals surface area contributed by atoms with Gasteiger partial charge in [-0.1, -0.05) is 0 Å². The minimum absolute atomic E-state index is 0.148. The molecule has 1 aromatic rings. The largest absolute Gasteiger partial charge is 0.493 e. The summed E-state index contributed by atoms with van der Waals surface area (Å²) in [6, 6.07) is 3.51. The van der Waals surface area contributed by atoms with Crippen molar-refractivity contribution in [1.82, 2.24) is 4.90 Å². The zero-order valence-electron chi connectivity index (χ0n) is 15.0. The predicted molar refractivity (Wildman–Crippen MR) is 94.4 cm³/mol. The van der Waals surface area contributed by atoms with Crippen LogP contribution >= 0.6 is 0 Å². The Balaban J connectivity index is 1.63. The van der Waals surface area contributed by atoms with Gasteiger partial charge in [0, 0.05) is 19.2 Å². The summed E-state index contributed by atoms with van der Waals surface area (Å²) in [5, 5.41) is 0. The lowest BCUT2D eigenvalue weighted by molar-refractivity contribution is -0.154. The van der Waals surface area contributed by atoms with Gasteiger partial charge in [-0.05, 0) is 43.5 Å². The molecule has 2 aliphatic heterocycles. The SMILES string of the molecule is COc1cc(/C=C/C(=O)O[C@H](C)C(=O)N2CCCC2)cc2c1OCCO2. The first-order chi connectivity index (χ1) is 12.6. The molecule has 1 saturated heterocycles. The minimum Gasteiger partial charge on any atom is -0.493 e. The Morgan fingerprint density at radius 2 is 1.92 bits per heavy atom. The van der Waals surface area contributed by atoms with E-state index in [1.165, 1.54) is 6.08 Å². The highest BCUT2D eigenvalue weighted by Gasteiger charge is 2.25. The summed E-state index contributed by atoms with van der Waals surface area (Å²) in [5.41, 5.74) is 0.710. The molecular weight excluding hydrogens is 338 g/mol. The van der Waals surface area contributed by atoms with Gasteiger partial charge in [-0.15, -0.1) is 0 Å². The predicted octanol–water partition coefficient (Wildman–Crippen LogP) is 2.03. The number of methoxy groups -OCH3 is 1. The number of carbonyl (C=O) groups is 2. The second-order valence-corrected chi connectivity index (χ2v) is 6.19. The molecule has 7 heteroatoms. The van der Waals surface area contributed by atoms with Crippen LogP contribution < -0.4 is 14.2 Å². The van der Waals surface area contributed by atoms with Crippen LogP contribution in [0.5, 0.6) is 17.2 Å². The Hall–Kier alpha value is -2.70. The number of benzene rings is 1. The van der Waals surface area contributed by atoms with Gasteiger partial charge in [0.2, 0.25) is 5.75 Å². The van der Waals surface area contributed by atoms with Crippen LogP contribution in [0.4, 0.5) is 0 Å². The van der Waals surface area contributed by atoms with Gasteiger partial charge in [-0.3, -0.25) is 4.79 Å². The summed E-state index contributed by atoms with van der Waals surface area (Å²) < 4.78 is 21.6. The fraction of sp³-hybridized carbons (Fsp3) is 0.474. The van der Waals surface area contributed by atoms with E-state index < -0.39 is 12.1 Å². The summed E-state index contributed by atoms with van der Waals surface area (Å²) in [6.45, 7) is 3.98. The van der Waals surface area contributed by atoms with E-state index in [9.17, 15) is 9.59 Å². The molecule has 7 nitrogen and oxygen atoms in total. The molecule has 2 heterocycles. The van der Waals surface area contributed by atoms with Crippen molar-refractivity contribution in [2.24, 2.45) is 0 Å². The van der Waals surface area contributed by atoms with E-state index in [0.717, 1.165) is 25.9 Å². The first-order valence-corrected chi connectivity index (χ1v) is 8.73. The first-order valence-electron chi connectivity index (χ1n) is 8.73. The van der Waals surface area contributed by atoms with E-state index in [0.29, 0.717) is 36.0 Å². The van der Waals surface area contributed by atoms with Crippen molar-refractivity contribution in [3.8, 4) is 17.2 Å². The lowest BCUT2D eigenvalue weighted by Gasteiger charge is -2.21. The number of rotatable bonds is 5. The molecule has 0 aromatic heterocycles. The molecule has 0 saturated carbocycles. The number of likely N-dealkylation sites (tertiary alicyclic amines) is 1. The smallest absolute Gasteiger partial charge is 0.331 e. The Morgan fingerprint density at radius 1 is 1.19 bits per heavy atom. The van der Waals surface area contributed by atoms with Gasteiger partial charge in [0.05, 0.1) is 7.11 Å². The maximum atomic E-state index is 12.2. The lowest BCUT2D eigenvalue weighted by Crippen LogP contribution is -2.37. The number of esters is 1. The van der Waals surface area contributed by atoms with E-state index in [4.69, 9.17) is 18.9 Å². The first kappa shape index (κ1) is 18.1. The summed E-state index contributed by atoms with van der Waals surface area (Å²) in [7, 11) is 1.54. The van der Waals surface area contributed by atoms with Crippen molar-refractivity contribution in [1.29, 1.82) is 0 Å². The van der Waals surface area contributed by atoms with Crippen molar-refractivity contribution in [2.75, 3.05) is 33.4 Å². The summed E-state index contributed by atoms with van der Waals surface area (Å²) in [4.78, 5) is 25.9. The van der Waals surface area contributed by atoms with E-state index >= 15 is 0 Å². The molecule has 1 atom stereocenters. The molecule has 1 amide bonds. The van der Waals surface area contributed by atoms with Crippen LogP contribution in [0.25, 0.3) is 6.08 Å². The molecular formula is C19H23NO6. The Labute approximate surface area is 152 Å². The van der Waals surface area contributed by atoms with Crippen LogP contribution in [-0.2, 0) is 14.3 Å². The molecule has 140 valence electrons. The second-order valence-electron chi connectivity index (χ2n) is 6.19. The van der Waals surface area contributed by atoms with Crippen LogP contribution in [0.15, 0.2) is 18.2 Å². The molecule has 1 aromatic carbocycles. The van der Waals surface area contributed by atoms with Crippen molar-refractivity contribution < 1.29 is 28.5 Å². The molecule has 3 rings (SSSR count). The van der Waals surface area contributed by atoms with E-state index in [2.05, 4.69) is 0 Å². The summed E-state index contributed by atoms with van der Waals surface area (Å²) >= 11 is 0. The number of hydrogen-bond acceptors (Lipinski definition) is 6. The zero-order chi connectivity index (χ0) is 18.5. The quantitative estimate of drug-likeness (QED) is 0.590. The number of carbonyl (C=O) groups excluding carboxylic acids is 2. The third kappa shape index (κ3) is 4.09. The van der Waals surface area contributed by atoms with Crippen molar-refractivity contribution in [3.05, 3.63) is 23.8 Å². The van der Waals surface area contributed by atoms with Crippen molar-refractivity contribution in [3.63, 3.8) is 0 Å².